The number of halogens is 1. The number of anilines is 1. The van der Waals surface area contributed by atoms with E-state index in [4.69, 9.17) is 0 Å². The van der Waals surface area contributed by atoms with Gasteiger partial charge in [-0.25, -0.2) is 0 Å². The van der Waals surface area contributed by atoms with E-state index in [1.54, 1.807) is 19.2 Å². The summed E-state index contributed by atoms with van der Waals surface area (Å²) >= 11 is 3.36. The van der Waals surface area contributed by atoms with Gasteiger partial charge in [-0.1, -0.05) is 28.1 Å². The lowest BCUT2D eigenvalue weighted by Crippen LogP contribution is -2.29. The van der Waals surface area contributed by atoms with Crippen molar-refractivity contribution in [3.63, 3.8) is 0 Å². The van der Waals surface area contributed by atoms with Crippen LogP contribution in [0.3, 0.4) is 0 Å². The number of hydrogen-bond acceptors (Lipinski definition) is 3. The highest BCUT2D eigenvalue weighted by molar-refractivity contribution is 9.10. The lowest BCUT2D eigenvalue weighted by atomic mass is 10.1. The molecule has 0 aliphatic rings. The van der Waals surface area contributed by atoms with Gasteiger partial charge in [0.2, 0.25) is 5.91 Å². The first-order valence-electron chi connectivity index (χ1n) is 7.53. The molecule has 0 saturated carbocycles. The molecule has 2 aromatic carbocycles. The van der Waals surface area contributed by atoms with Crippen molar-refractivity contribution < 1.29 is 9.59 Å². The van der Waals surface area contributed by atoms with Gasteiger partial charge in [0.15, 0.2) is 0 Å². The first kappa shape index (κ1) is 18.2. The van der Waals surface area contributed by atoms with Gasteiger partial charge < -0.3 is 10.6 Å². The molecule has 0 aliphatic carbocycles. The highest BCUT2D eigenvalue weighted by atomic mass is 79.9. The van der Waals surface area contributed by atoms with Gasteiger partial charge in [0.25, 0.3) is 5.91 Å². The Labute approximate surface area is 150 Å². The van der Waals surface area contributed by atoms with Crippen molar-refractivity contribution >= 4 is 33.4 Å². The quantitative estimate of drug-likeness (QED) is 0.798. The molecule has 0 fully saturated rings. The predicted molar refractivity (Wildman–Crippen MR) is 98.9 cm³/mol. The fourth-order valence-electron chi connectivity index (χ4n) is 2.25. The molecule has 0 atom stereocenters. The third-order valence-electron chi connectivity index (χ3n) is 3.44. The van der Waals surface area contributed by atoms with Crippen molar-refractivity contribution in [1.29, 1.82) is 0 Å². The molecule has 5 nitrogen and oxygen atoms in total. The number of likely N-dealkylation sites (N-methyl/N-ethyl adjacent to an activating group) is 1. The van der Waals surface area contributed by atoms with Crippen molar-refractivity contribution in [2.24, 2.45) is 0 Å². The van der Waals surface area contributed by atoms with E-state index in [1.807, 2.05) is 48.3 Å². The maximum absolute atomic E-state index is 12.1. The Hall–Kier alpha value is -2.18. The number of nitrogens with zero attached hydrogens (tertiary/aromatic N) is 1. The second kappa shape index (κ2) is 8.61. The monoisotopic (exact) mass is 389 g/mol. The minimum Gasteiger partial charge on any atom is -0.355 e. The molecule has 2 aromatic rings. The van der Waals surface area contributed by atoms with Crippen molar-refractivity contribution in [2.75, 3.05) is 26.0 Å². The van der Waals surface area contributed by atoms with Gasteiger partial charge in [0.1, 0.15) is 0 Å². The van der Waals surface area contributed by atoms with Crippen LogP contribution >= 0.6 is 15.9 Å². The first-order chi connectivity index (χ1) is 11.5. The van der Waals surface area contributed by atoms with Gasteiger partial charge >= 0.3 is 0 Å². The van der Waals surface area contributed by atoms with Gasteiger partial charge in [-0.3, -0.25) is 14.5 Å². The fourth-order valence-corrected chi connectivity index (χ4v) is 2.52. The van der Waals surface area contributed by atoms with Gasteiger partial charge in [-0.2, -0.15) is 0 Å². The number of rotatable bonds is 6. The summed E-state index contributed by atoms with van der Waals surface area (Å²) in [4.78, 5) is 25.5. The summed E-state index contributed by atoms with van der Waals surface area (Å²) < 4.78 is 0.970. The molecular formula is C18H20BrN3O2. The van der Waals surface area contributed by atoms with Crippen molar-refractivity contribution in [3.8, 4) is 0 Å². The molecule has 0 heterocycles. The Balaban J connectivity index is 1.85. The summed E-state index contributed by atoms with van der Waals surface area (Å²) in [6, 6.07) is 14.8. The molecule has 0 saturated heterocycles. The highest BCUT2D eigenvalue weighted by Gasteiger charge is 2.08. The standard InChI is InChI=1S/C18H20BrN3O2/c1-20-18(24)14-5-3-13(4-6-14)11-22(2)12-17(23)21-16-9-7-15(19)8-10-16/h3-10H,11-12H2,1-2H3,(H,20,24)(H,21,23). The summed E-state index contributed by atoms with van der Waals surface area (Å²) in [7, 11) is 3.49. The van der Waals surface area contributed by atoms with Crippen molar-refractivity contribution in [1.82, 2.24) is 10.2 Å². The van der Waals surface area contributed by atoms with E-state index in [2.05, 4.69) is 26.6 Å². The summed E-state index contributed by atoms with van der Waals surface area (Å²) in [5.41, 5.74) is 2.44. The van der Waals surface area contributed by atoms with Gasteiger partial charge in [0, 0.05) is 29.3 Å². The van der Waals surface area contributed by atoms with E-state index in [0.29, 0.717) is 12.1 Å². The Kier molecular flexibility index (Phi) is 6.52. The summed E-state index contributed by atoms with van der Waals surface area (Å²) in [5.74, 6) is -0.175. The Morgan fingerprint density at radius 2 is 1.67 bits per heavy atom. The second-order valence-electron chi connectivity index (χ2n) is 5.50. The molecule has 24 heavy (non-hydrogen) atoms. The topological polar surface area (TPSA) is 61.4 Å². The van der Waals surface area contributed by atoms with E-state index in [9.17, 15) is 9.59 Å². The van der Waals surface area contributed by atoms with E-state index >= 15 is 0 Å². The summed E-state index contributed by atoms with van der Waals surface area (Å²) in [6.07, 6.45) is 0. The molecular weight excluding hydrogens is 370 g/mol. The number of hydrogen-bond donors (Lipinski definition) is 2. The molecule has 0 aromatic heterocycles. The average molecular weight is 390 g/mol. The maximum atomic E-state index is 12.1. The van der Waals surface area contributed by atoms with Crippen LogP contribution in [0.5, 0.6) is 0 Å². The van der Waals surface area contributed by atoms with Crippen LogP contribution in [-0.4, -0.2) is 37.4 Å². The lowest BCUT2D eigenvalue weighted by molar-refractivity contribution is -0.117. The fraction of sp³-hybridized carbons (Fsp3) is 0.222. The molecule has 0 aliphatic heterocycles. The molecule has 2 rings (SSSR count). The minimum atomic E-state index is -0.108. The normalized spacial score (nSPS) is 10.5. The molecule has 2 amide bonds. The predicted octanol–water partition coefficient (Wildman–Crippen LogP) is 2.88. The van der Waals surface area contributed by atoms with Crippen LogP contribution in [-0.2, 0) is 11.3 Å². The number of nitrogens with one attached hydrogen (secondary N) is 2. The maximum Gasteiger partial charge on any atom is 0.251 e. The zero-order valence-electron chi connectivity index (χ0n) is 13.7. The Bertz CT molecular complexity index is 699. The van der Waals surface area contributed by atoms with Crippen LogP contribution < -0.4 is 10.6 Å². The molecule has 0 radical (unpaired) electrons. The Morgan fingerprint density at radius 3 is 2.25 bits per heavy atom. The van der Waals surface area contributed by atoms with E-state index in [0.717, 1.165) is 15.7 Å². The first-order valence-corrected chi connectivity index (χ1v) is 8.32. The van der Waals surface area contributed by atoms with Gasteiger partial charge in [-0.05, 0) is 49.0 Å². The third kappa shape index (κ3) is 5.47. The zero-order chi connectivity index (χ0) is 17.5. The smallest absolute Gasteiger partial charge is 0.251 e. The minimum absolute atomic E-state index is 0.0678. The SMILES string of the molecule is CNC(=O)c1ccc(CN(C)CC(=O)Nc2ccc(Br)cc2)cc1. The zero-order valence-corrected chi connectivity index (χ0v) is 15.3. The van der Waals surface area contributed by atoms with Crippen LogP contribution in [0.25, 0.3) is 0 Å². The number of carbonyl (C=O) groups excluding carboxylic acids is 2. The molecule has 2 N–H and O–H groups in total. The molecule has 0 unspecified atom stereocenters. The second-order valence-corrected chi connectivity index (χ2v) is 6.42. The Morgan fingerprint density at radius 1 is 1.04 bits per heavy atom. The number of benzene rings is 2. The van der Waals surface area contributed by atoms with Crippen molar-refractivity contribution in [2.45, 2.75) is 6.54 Å². The summed E-state index contributed by atoms with van der Waals surface area (Å²) in [6.45, 7) is 0.912. The van der Waals surface area contributed by atoms with E-state index < -0.39 is 0 Å². The van der Waals surface area contributed by atoms with E-state index in [1.165, 1.54) is 0 Å². The van der Waals surface area contributed by atoms with E-state index in [-0.39, 0.29) is 18.4 Å². The van der Waals surface area contributed by atoms with Gasteiger partial charge in [0.05, 0.1) is 6.54 Å². The average Bonchev–Trinajstić information content (AvgIpc) is 2.56. The van der Waals surface area contributed by atoms with Crippen molar-refractivity contribution in [3.05, 3.63) is 64.1 Å². The largest absolute Gasteiger partial charge is 0.355 e. The van der Waals surface area contributed by atoms with Gasteiger partial charge in [-0.15, -0.1) is 0 Å². The lowest BCUT2D eigenvalue weighted by Gasteiger charge is -2.16. The molecule has 126 valence electrons. The van der Waals surface area contributed by atoms with Crippen LogP contribution in [0.15, 0.2) is 53.0 Å². The van der Waals surface area contributed by atoms with Crippen LogP contribution in [0.1, 0.15) is 15.9 Å². The summed E-state index contributed by atoms with van der Waals surface area (Å²) in [5, 5.41) is 5.45. The van der Waals surface area contributed by atoms with Crippen LogP contribution in [0.4, 0.5) is 5.69 Å². The molecule has 6 heteroatoms. The molecule has 0 bridgehead atoms. The van der Waals surface area contributed by atoms with Crippen LogP contribution in [0, 0.1) is 0 Å². The van der Waals surface area contributed by atoms with Crippen LogP contribution in [0.2, 0.25) is 0 Å². The highest BCUT2D eigenvalue weighted by Crippen LogP contribution is 2.14. The third-order valence-corrected chi connectivity index (χ3v) is 3.97. The number of carbonyl (C=O) groups is 2. The number of amides is 2. The molecule has 0 spiro atoms.